The zero-order chi connectivity index (χ0) is 33.5. The van der Waals surface area contributed by atoms with Crippen LogP contribution in [0.2, 0.25) is 0 Å². The molecule has 0 bridgehead atoms. The summed E-state index contributed by atoms with van der Waals surface area (Å²) < 4.78 is 9.71. The van der Waals surface area contributed by atoms with Crippen LogP contribution in [0.4, 0.5) is 10.5 Å². The van der Waals surface area contributed by atoms with Gasteiger partial charge in [0.05, 0.1) is 12.3 Å². The predicted octanol–water partition coefficient (Wildman–Crippen LogP) is 7.11. The van der Waals surface area contributed by atoms with Gasteiger partial charge in [0, 0.05) is 44.7 Å². The molecule has 2 saturated carbocycles. The van der Waals surface area contributed by atoms with Crippen molar-refractivity contribution in [3.05, 3.63) is 23.8 Å². The SMILES string of the molecule is CN(C(=O)CCCOc1ccc2c(c1)CN(CC(=O)OC(C)(C)C(Cl)(Cl)Cl)C(NC(=O)N(C)C1CCCCC1)=N2)C1CCCCC1. The van der Waals surface area contributed by atoms with Crippen LogP contribution in [0, 0.1) is 0 Å². The van der Waals surface area contributed by atoms with Crippen LogP contribution in [0.25, 0.3) is 0 Å². The summed E-state index contributed by atoms with van der Waals surface area (Å²) >= 11 is 18.1. The van der Waals surface area contributed by atoms with Crippen LogP contribution in [-0.4, -0.2) is 87.3 Å². The van der Waals surface area contributed by atoms with E-state index in [1.165, 1.54) is 39.5 Å². The van der Waals surface area contributed by atoms with Crippen molar-refractivity contribution < 1.29 is 23.9 Å². The topological polar surface area (TPSA) is 104 Å². The monoisotopic (exact) mass is 699 g/mol. The fourth-order valence-corrected chi connectivity index (χ4v) is 6.32. The molecule has 1 N–H and O–H groups in total. The van der Waals surface area contributed by atoms with Gasteiger partial charge in [0.2, 0.25) is 15.7 Å². The average Bonchev–Trinajstić information content (AvgIpc) is 3.02. The second kappa shape index (κ2) is 16.1. The predicted molar refractivity (Wildman–Crippen MR) is 182 cm³/mol. The van der Waals surface area contributed by atoms with Gasteiger partial charge in [-0.15, -0.1) is 0 Å². The molecule has 0 spiro atoms. The number of alkyl halides is 3. The number of hydrogen-bond acceptors (Lipinski definition) is 7. The van der Waals surface area contributed by atoms with Gasteiger partial charge in [0.15, 0.2) is 5.60 Å². The van der Waals surface area contributed by atoms with Crippen molar-refractivity contribution in [2.24, 2.45) is 4.99 Å². The molecule has 1 aliphatic heterocycles. The summed E-state index contributed by atoms with van der Waals surface area (Å²) in [5.41, 5.74) is 0.0637. The second-order valence-corrected chi connectivity index (χ2v) is 15.4. The van der Waals surface area contributed by atoms with Crippen LogP contribution in [0.15, 0.2) is 23.2 Å². The van der Waals surface area contributed by atoms with Crippen molar-refractivity contribution in [3.8, 4) is 5.75 Å². The molecule has 2 aliphatic carbocycles. The summed E-state index contributed by atoms with van der Waals surface area (Å²) in [4.78, 5) is 49.0. The smallest absolute Gasteiger partial charge is 0.326 e. The van der Waals surface area contributed by atoms with Crippen molar-refractivity contribution in [1.82, 2.24) is 20.0 Å². The molecule has 1 heterocycles. The summed E-state index contributed by atoms with van der Waals surface area (Å²) in [5.74, 6) is 0.376. The maximum absolute atomic E-state index is 13.3. The van der Waals surface area contributed by atoms with E-state index in [9.17, 15) is 14.4 Å². The van der Waals surface area contributed by atoms with Crippen molar-refractivity contribution in [2.45, 2.75) is 119 Å². The zero-order valence-electron chi connectivity index (χ0n) is 27.5. The first-order chi connectivity index (χ1) is 21.7. The zero-order valence-corrected chi connectivity index (χ0v) is 29.7. The Morgan fingerprint density at radius 1 is 0.957 bits per heavy atom. The molecule has 0 unspecified atom stereocenters. The lowest BCUT2D eigenvalue weighted by molar-refractivity contribution is -0.156. The molecular weight excluding hydrogens is 653 g/mol. The number of amides is 3. The van der Waals surface area contributed by atoms with E-state index in [0.717, 1.165) is 44.1 Å². The van der Waals surface area contributed by atoms with E-state index < -0.39 is 15.4 Å². The Morgan fingerprint density at radius 2 is 1.57 bits per heavy atom. The van der Waals surface area contributed by atoms with Gasteiger partial charge in [-0.3, -0.25) is 14.9 Å². The Bertz CT molecular complexity index is 1260. The lowest BCUT2D eigenvalue weighted by Crippen LogP contribution is -2.53. The van der Waals surface area contributed by atoms with Crippen molar-refractivity contribution in [3.63, 3.8) is 0 Å². The standard InChI is InChI=1S/C33H48Cl3N5O5/c1-32(2,33(34,35)36)46-29(43)22-41-21-23-20-26(45-19-11-16-28(42)39(3)24-12-7-5-8-13-24)17-18-27(23)37-30(41)38-31(44)40(4)25-14-9-6-10-15-25/h17-18,20,24-25H,5-16,19,21-22H2,1-4H3,(H,37,38,44). The number of esters is 1. The lowest BCUT2D eigenvalue weighted by atomic mass is 9.94. The first-order valence-electron chi connectivity index (χ1n) is 16.4. The molecule has 256 valence electrons. The molecule has 1 aromatic rings. The molecule has 0 atom stereocenters. The number of ether oxygens (including phenoxy) is 2. The van der Waals surface area contributed by atoms with Gasteiger partial charge in [0.1, 0.15) is 12.3 Å². The molecule has 0 aromatic heterocycles. The maximum Gasteiger partial charge on any atom is 0.326 e. The van der Waals surface area contributed by atoms with E-state index in [4.69, 9.17) is 49.3 Å². The Hall–Kier alpha value is -2.43. The number of carbonyl (C=O) groups is 3. The summed E-state index contributed by atoms with van der Waals surface area (Å²) in [6.07, 6.45) is 12.1. The molecule has 1 aromatic carbocycles. The number of nitrogens with one attached hydrogen (secondary N) is 1. The van der Waals surface area contributed by atoms with Gasteiger partial charge in [-0.1, -0.05) is 73.3 Å². The molecule has 10 nitrogen and oxygen atoms in total. The highest BCUT2D eigenvalue weighted by Crippen LogP contribution is 2.40. The lowest BCUT2D eigenvalue weighted by Gasteiger charge is -2.35. The highest BCUT2D eigenvalue weighted by Gasteiger charge is 2.44. The molecule has 4 rings (SSSR count). The van der Waals surface area contributed by atoms with Crippen LogP contribution in [0.1, 0.15) is 96.5 Å². The first kappa shape index (κ1) is 36.4. The molecule has 2 fully saturated rings. The Morgan fingerprint density at radius 3 is 2.17 bits per heavy atom. The molecule has 0 radical (unpaired) electrons. The van der Waals surface area contributed by atoms with E-state index in [-0.39, 0.29) is 37.0 Å². The van der Waals surface area contributed by atoms with Gasteiger partial charge < -0.3 is 24.2 Å². The third-order valence-corrected chi connectivity index (χ3v) is 10.7. The third-order valence-electron chi connectivity index (χ3n) is 9.29. The molecule has 3 aliphatic rings. The number of halogens is 3. The van der Waals surface area contributed by atoms with Gasteiger partial charge in [-0.05, 0) is 64.2 Å². The van der Waals surface area contributed by atoms with E-state index in [2.05, 4.69) is 5.32 Å². The summed E-state index contributed by atoms with van der Waals surface area (Å²) in [6.45, 7) is 3.45. The minimum atomic E-state index is -1.84. The number of urea groups is 1. The van der Waals surface area contributed by atoms with Gasteiger partial charge in [-0.25, -0.2) is 9.79 Å². The minimum Gasteiger partial charge on any atom is -0.494 e. The number of aliphatic imine (C=N–C) groups is 1. The van der Waals surface area contributed by atoms with Crippen LogP contribution in [0.5, 0.6) is 5.75 Å². The number of carbonyl (C=O) groups excluding carboxylic acids is 3. The number of benzene rings is 1. The first-order valence-corrected chi connectivity index (χ1v) is 17.6. The Kier molecular flexibility index (Phi) is 12.8. The minimum absolute atomic E-state index is 0.149. The Balaban J connectivity index is 1.41. The van der Waals surface area contributed by atoms with Gasteiger partial charge >= 0.3 is 12.0 Å². The van der Waals surface area contributed by atoms with Crippen LogP contribution < -0.4 is 10.1 Å². The molecule has 3 amide bonds. The summed E-state index contributed by atoms with van der Waals surface area (Å²) in [5, 5.41) is 2.91. The summed E-state index contributed by atoms with van der Waals surface area (Å²) in [6, 6.07) is 5.71. The molecule has 13 heteroatoms. The van der Waals surface area contributed by atoms with Crippen LogP contribution >= 0.6 is 34.8 Å². The van der Waals surface area contributed by atoms with E-state index >= 15 is 0 Å². The van der Waals surface area contributed by atoms with Crippen molar-refractivity contribution >= 4 is 64.4 Å². The second-order valence-electron chi connectivity index (χ2n) is 13.1. The van der Waals surface area contributed by atoms with E-state index in [1.807, 2.05) is 30.1 Å². The maximum atomic E-state index is 13.3. The largest absolute Gasteiger partial charge is 0.494 e. The fourth-order valence-electron chi connectivity index (χ4n) is 6.20. The third kappa shape index (κ3) is 9.80. The molecule has 46 heavy (non-hydrogen) atoms. The number of hydrogen-bond donors (Lipinski definition) is 1. The molecular formula is C33H48Cl3N5O5. The van der Waals surface area contributed by atoms with Crippen LogP contribution in [0.3, 0.4) is 0 Å². The van der Waals surface area contributed by atoms with Crippen molar-refractivity contribution in [2.75, 3.05) is 27.2 Å². The Labute approximate surface area is 288 Å². The quantitative estimate of drug-likeness (QED) is 0.159. The highest BCUT2D eigenvalue weighted by molar-refractivity contribution is 6.68. The highest BCUT2D eigenvalue weighted by atomic mass is 35.6. The van der Waals surface area contributed by atoms with Gasteiger partial charge in [0.25, 0.3) is 0 Å². The number of rotatable bonds is 10. The normalized spacial score (nSPS) is 17.9. The van der Waals surface area contributed by atoms with E-state index in [1.54, 1.807) is 16.8 Å². The van der Waals surface area contributed by atoms with Crippen molar-refractivity contribution in [1.29, 1.82) is 0 Å². The molecule has 0 saturated heterocycles. The van der Waals surface area contributed by atoms with Crippen LogP contribution in [-0.2, 0) is 20.9 Å². The number of nitrogens with zero attached hydrogens (tertiary/aromatic N) is 4. The number of guanidine groups is 1. The number of fused-ring (bicyclic) bond motifs is 1. The average molecular weight is 701 g/mol. The van der Waals surface area contributed by atoms with E-state index in [0.29, 0.717) is 36.9 Å². The summed E-state index contributed by atoms with van der Waals surface area (Å²) in [7, 11) is 3.70. The van der Waals surface area contributed by atoms with Gasteiger partial charge in [-0.2, -0.15) is 0 Å². The fraction of sp³-hybridized carbons (Fsp3) is 0.697.